The Balaban J connectivity index is 1.89. The number of aryl methyl sites for hydroxylation is 3. The van der Waals surface area contributed by atoms with Crippen LogP contribution in [0.3, 0.4) is 0 Å². The van der Waals surface area contributed by atoms with Crippen molar-refractivity contribution in [1.29, 1.82) is 0 Å². The molecule has 21 heavy (non-hydrogen) atoms. The van der Waals surface area contributed by atoms with E-state index in [0.29, 0.717) is 0 Å². The van der Waals surface area contributed by atoms with Crippen LogP contribution in [0.5, 0.6) is 0 Å². The van der Waals surface area contributed by atoms with Gasteiger partial charge >= 0.3 is 0 Å². The van der Waals surface area contributed by atoms with E-state index < -0.39 is 6.10 Å². The van der Waals surface area contributed by atoms with Crippen LogP contribution in [0.25, 0.3) is 0 Å². The van der Waals surface area contributed by atoms with Gasteiger partial charge in [-0.2, -0.15) is 5.10 Å². The number of aromatic nitrogens is 2. The molecule has 0 amide bonds. The van der Waals surface area contributed by atoms with Gasteiger partial charge in [-0.25, -0.2) is 0 Å². The molecule has 0 bridgehead atoms. The summed E-state index contributed by atoms with van der Waals surface area (Å²) in [4.78, 5) is 0. The maximum Gasteiger partial charge on any atom is 0.0847 e. The highest BCUT2D eigenvalue weighted by Gasteiger charge is 2.28. The molecule has 2 unspecified atom stereocenters. The predicted molar refractivity (Wildman–Crippen MR) is 84.5 cm³/mol. The summed E-state index contributed by atoms with van der Waals surface area (Å²) in [5.74, 6) is 0.195. The van der Waals surface area contributed by atoms with Crippen molar-refractivity contribution < 1.29 is 5.11 Å². The second-order valence-corrected chi connectivity index (χ2v) is 6.35. The summed E-state index contributed by atoms with van der Waals surface area (Å²) >= 11 is 6.36. The molecule has 1 aromatic heterocycles. The fourth-order valence-electron chi connectivity index (χ4n) is 3.38. The maximum absolute atomic E-state index is 10.8. The first-order valence-electron chi connectivity index (χ1n) is 7.51. The zero-order valence-corrected chi connectivity index (χ0v) is 13.3. The molecule has 2 aromatic rings. The first-order chi connectivity index (χ1) is 10.1. The molecule has 0 fully saturated rings. The monoisotopic (exact) mass is 304 g/mol. The van der Waals surface area contributed by atoms with Gasteiger partial charge in [0, 0.05) is 7.05 Å². The van der Waals surface area contributed by atoms with Crippen LogP contribution in [0.15, 0.2) is 24.3 Å². The standard InChI is InChI=1S/C17H21ClN2O/c1-11-16(18)15(20(2)19-11)10-13-8-5-7-12-6-3-4-9-14(12)17(13)21/h3-4,6,9,13,17,21H,5,7-8,10H2,1-2H3. The van der Waals surface area contributed by atoms with Crippen LogP contribution in [0.1, 0.15) is 41.5 Å². The number of hydrogen-bond donors (Lipinski definition) is 1. The maximum atomic E-state index is 10.8. The van der Waals surface area contributed by atoms with E-state index in [1.165, 1.54) is 5.56 Å². The Morgan fingerprint density at radius 1 is 1.38 bits per heavy atom. The number of rotatable bonds is 2. The minimum Gasteiger partial charge on any atom is -0.388 e. The molecule has 0 saturated heterocycles. The van der Waals surface area contributed by atoms with E-state index in [9.17, 15) is 5.11 Å². The van der Waals surface area contributed by atoms with E-state index in [0.717, 1.165) is 47.7 Å². The summed E-state index contributed by atoms with van der Waals surface area (Å²) < 4.78 is 1.85. The third-order valence-electron chi connectivity index (χ3n) is 4.56. The zero-order chi connectivity index (χ0) is 15.0. The topological polar surface area (TPSA) is 38.0 Å². The second-order valence-electron chi connectivity index (χ2n) is 5.97. The highest BCUT2D eigenvalue weighted by atomic mass is 35.5. The van der Waals surface area contributed by atoms with Gasteiger partial charge in [0.15, 0.2) is 0 Å². The Morgan fingerprint density at radius 2 is 2.14 bits per heavy atom. The summed E-state index contributed by atoms with van der Waals surface area (Å²) in [5.41, 5.74) is 4.24. The molecule has 1 N–H and O–H groups in total. The highest BCUT2D eigenvalue weighted by Crippen LogP contribution is 2.36. The molecule has 3 nitrogen and oxygen atoms in total. The number of halogens is 1. The lowest BCUT2D eigenvalue weighted by Crippen LogP contribution is -2.16. The van der Waals surface area contributed by atoms with Crippen LogP contribution < -0.4 is 0 Å². The van der Waals surface area contributed by atoms with Crippen molar-refractivity contribution in [2.24, 2.45) is 13.0 Å². The molecule has 3 rings (SSSR count). The molecule has 1 aliphatic carbocycles. The number of fused-ring (bicyclic) bond motifs is 1. The third kappa shape index (κ3) is 2.72. The van der Waals surface area contributed by atoms with Crippen LogP contribution in [-0.4, -0.2) is 14.9 Å². The summed E-state index contributed by atoms with van der Waals surface area (Å²) in [6.07, 6.45) is 3.51. The van der Waals surface area contributed by atoms with Crippen molar-refractivity contribution in [3.63, 3.8) is 0 Å². The van der Waals surface area contributed by atoms with E-state index in [-0.39, 0.29) is 5.92 Å². The third-order valence-corrected chi connectivity index (χ3v) is 5.05. The van der Waals surface area contributed by atoms with Crippen molar-refractivity contribution in [2.45, 2.75) is 38.7 Å². The molecular weight excluding hydrogens is 284 g/mol. The number of hydrogen-bond acceptors (Lipinski definition) is 2. The smallest absolute Gasteiger partial charge is 0.0847 e. The molecule has 1 aliphatic rings. The van der Waals surface area contributed by atoms with E-state index in [1.54, 1.807) is 0 Å². The first-order valence-corrected chi connectivity index (χ1v) is 7.89. The van der Waals surface area contributed by atoms with Crippen LogP contribution in [-0.2, 0) is 19.9 Å². The molecule has 1 aromatic carbocycles. The van der Waals surface area contributed by atoms with Gasteiger partial charge in [0.1, 0.15) is 0 Å². The van der Waals surface area contributed by atoms with Crippen LogP contribution in [0, 0.1) is 12.8 Å². The molecule has 0 saturated carbocycles. The average Bonchev–Trinajstić information content (AvgIpc) is 2.63. The summed E-state index contributed by atoms with van der Waals surface area (Å²) in [7, 11) is 1.92. The molecule has 0 radical (unpaired) electrons. The van der Waals surface area contributed by atoms with Crippen LogP contribution >= 0.6 is 11.6 Å². The molecule has 0 aliphatic heterocycles. The molecular formula is C17H21ClN2O. The van der Waals surface area contributed by atoms with Crippen molar-refractivity contribution in [3.05, 3.63) is 51.8 Å². The Labute approximate surface area is 130 Å². The van der Waals surface area contributed by atoms with Crippen molar-refractivity contribution in [3.8, 4) is 0 Å². The lowest BCUT2D eigenvalue weighted by atomic mass is 9.89. The van der Waals surface area contributed by atoms with E-state index in [1.807, 2.05) is 30.8 Å². The van der Waals surface area contributed by atoms with Gasteiger partial charge in [-0.1, -0.05) is 35.9 Å². The van der Waals surface area contributed by atoms with E-state index in [2.05, 4.69) is 17.2 Å². The largest absolute Gasteiger partial charge is 0.388 e. The first kappa shape index (κ1) is 14.6. The highest BCUT2D eigenvalue weighted by molar-refractivity contribution is 6.31. The lowest BCUT2D eigenvalue weighted by molar-refractivity contribution is 0.104. The Hall–Kier alpha value is -1.32. The minimum atomic E-state index is -0.421. The Morgan fingerprint density at radius 3 is 2.86 bits per heavy atom. The number of aliphatic hydroxyl groups is 1. The molecule has 1 heterocycles. The fraction of sp³-hybridized carbons (Fsp3) is 0.471. The zero-order valence-electron chi connectivity index (χ0n) is 12.5. The molecule has 2 atom stereocenters. The SMILES string of the molecule is Cc1nn(C)c(CC2CCCc3ccccc3C2O)c1Cl. The van der Waals surface area contributed by atoms with Gasteiger partial charge < -0.3 is 5.11 Å². The average molecular weight is 305 g/mol. The molecule has 4 heteroatoms. The predicted octanol–water partition coefficient (Wildman–Crippen LogP) is 3.61. The van der Waals surface area contributed by atoms with Crippen molar-refractivity contribution in [2.75, 3.05) is 0 Å². The van der Waals surface area contributed by atoms with Gasteiger partial charge in [0.2, 0.25) is 0 Å². The normalized spacial score (nSPS) is 21.9. The lowest BCUT2D eigenvalue weighted by Gasteiger charge is -2.22. The second kappa shape index (κ2) is 5.82. The fourth-order valence-corrected chi connectivity index (χ4v) is 3.62. The Bertz CT molecular complexity index is 650. The van der Waals surface area contributed by atoms with Gasteiger partial charge in [-0.05, 0) is 49.7 Å². The number of benzene rings is 1. The molecule has 0 spiro atoms. The van der Waals surface area contributed by atoms with Crippen molar-refractivity contribution in [1.82, 2.24) is 9.78 Å². The quantitative estimate of drug-likeness (QED) is 0.861. The van der Waals surface area contributed by atoms with E-state index in [4.69, 9.17) is 11.6 Å². The number of nitrogens with zero attached hydrogens (tertiary/aromatic N) is 2. The summed E-state index contributed by atoms with van der Waals surface area (Å²) in [5, 5.41) is 15.9. The van der Waals surface area contributed by atoms with Gasteiger partial charge in [-0.15, -0.1) is 0 Å². The minimum absolute atomic E-state index is 0.195. The van der Waals surface area contributed by atoms with E-state index >= 15 is 0 Å². The van der Waals surface area contributed by atoms with Crippen molar-refractivity contribution >= 4 is 11.6 Å². The van der Waals surface area contributed by atoms with Crippen LogP contribution in [0.2, 0.25) is 5.02 Å². The summed E-state index contributed by atoms with van der Waals surface area (Å²) in [6.45, 7) is 1.92. The Kier molecular flexibility index (Phi) is 4.05. The van der Waals surface area contributed by atoms with Gasteiger partial charge in [0.05, 0.1) is 22.5 Å². The van der Waals surface area contributed by atoms with Gasteiger partial charge in [0.25, 0.3) is 0 Å². The van der Waals surface area contributed by atoms with Crippen LogP contribution in [0.4, 0.5) is 0 Å². The molecule has 112 valence electrons. The van der Waals surface area contributed by atoms with Gasteiger partial charge in [-0.3, -0.25) is 4.68 Å². The summed E-state index contributed by atoms with van der Waals surface area (Å²) in [6, 6.07) is 8.23. The number of aliphatic hydroxyl groups excluding tert-OH is 1.